The molecule has 0 radical (unpaired) electrons. The van der Waals surface area contributed by atoms with Gasteiger partial charge in [-0.25, -0.2) is 0 Å². The van der Waals surface area contributed by atoms with Crippen molar-refractivity contribution in [2.75, 3.05) is 26.7 Å². The summed E-state index contributed by atoms with van der Waals surface area (Å²) in [6.07, 6.45) is -0.347. The molecule has 29 heavy (non-hydrogen) atoms. The number of aliphatic imine (C=N–C) groups is 1. The fourth-order valence-electron chi connectivity index (χ4n) is 3.40. The summed E-state index contributed by atoms with van der Waals surface area (Å²) in [7, 11) is 1.64. The van der Waals surface area contributed by atoms with Crippen molar-refractivity contribution in [2.45, 2.75) is 31.6 Å². The smallest absolute Gasteiger partial charge is 0.416 e. The van der Waals surface area contributed by atoms with E-state index in [1.54, 1.807) is 19.4 Å². The van der Waals surface area contributed by atoms with Gasteiger partial charge < -0.3 is 15.1 Å². The molecule has 0 amide bonds. The van der Waals surface area contributed by atoms with Crippen molar-refractivity contribution < 1.29 is 17.6 Å². The van der Waals surface area contributed by atoms with Gasteiger partial charge in [0.2, 0.25) is 0 Å². The van der Waals surface area contributed by atoms with Crippen molar-refractivity contribution in [2.24, 2.45) is 4.99 Å². The van der Waals surface area contributed by atoms with Crippen LogP contribution in [0, 0.1) is 0 Å². The second-order valence-electron chi connectivity index (χ2n) is 6.78. The quantitative estimate of drug-likeness (QED) is 0.335. The molecule has 0 spiro atoms. The zero-order chi connectivity index (χ0) is 20.0. The molecule has 1 unspecified atom stereocenters. The van der Waals surface area contributed by atoms with Crippen molar-refractivity contribution >= 4 is 29.9 Å². The maximum Gasteiger partial charge on any atom is 0.416 e. The van der Waals surface area contributed by atoms with E-state index in [9.17, 15) is 13.2 Å². The van der Waals surface area contributed by atoms with Gasteiger partial charge in [-0.05, 0) is 55.8 Å². The van der Waals surface area contributed by atoms with E-state index in [0.717, 1.165) is 31.0 Å². The Labute approximate surface area is 185 Å². The van der Waals surface area contributed by atoms with Gasteiger partial charge in [0.15, 0.2) is 5.96 Å². The highest BCUT2D eigenvalue weighted by Crippen LogP contribution is 2.29. The molecule has 1 aromatic heterocycles. The predicted octanol–water partition coefficient (Wildman–Crippen LogP) is 4.42. The Morgan fingerprint density at radius 3 is 2.55 bits per heavy atom. The van der Waals surface area contributed by atoms with Crippen molar-refractivity contribution in [3.05, 3.63) is 59.5 Å². The summed E-state index contributed by atoms with van der Waals surface area (Å²) in [5.41, 5.74) is -0.110. The van der Waals surface area contributed by atoms with Crippen molar-refractivity contribution in [1.29, 1.82) is 0 Å². The predicted molar refractivity (Wildman–Crippen MR) is 117 cm³/mol. The van der Waals surface area contributed by atoms with E-state index in [-0.39, 0.29) is 36.6 Å². The van der Waals surface area contributed by atoms with E-state index < -0.39 is 11.7 Å². The molecule has 1 aliphatic heterocycles. The van der Waals surface area contributed by atoms with Gasteiger partial charge in [0, 0.05) is 20.1 Å². The first kappa shape index (κ1) is 23.5. The number of nitrogens with zero attached hydrogens (tertiary/aromatic N) is 2. The summed E-state index contributed by atoms with van der Waals surface area (Å²) in [5, 5.41) is 6.34. The summed E-state index contributed by atoms with van der Waals surface area (Å²) in [4.78, 5) is 6.54. The number of furan rings is 1. The van der Waals surface area contributed by atoms with Crippen LogP contribution in [0.1, 0.15) is 35.8 Å². The van der Waals surface area contributed by atoms with E-state index in [0.29, 0.717) is 18.1 Å². The molecule has 0 aliphatic carbocycles. The molecule has 2 aromatic rings. The van der Waals surface area contributed by atoms with Crippen LogP contribution in [-0.4, -0.2) is 37.5 Å². The van der Waals surface area contributed by atoms with Crippen LogP contribution in [0.15, 0.2) is 52.1 Å². The lowest BCUT2D eigenvalue weighted by atomic mass is 10.1. The molecule has 1 saturated heterocycles. The number of guanidine groups is 1. The van der Waals surface area contributed by atoms with Crippen LogP contribution in [0.2, 0.25) is 0 Å². The van der Waals surface area contributed by atoms with Crippen LogP contribution < -0.4 is 10.6 Å². The van der Waals surface area contributed by atoms with Gasteiger partial charge in [0.1, 0.15) is 5.76 Å². The third-order valence-electron chi connectivity index (χ3n) is 4.85. The van der Waals surface area contributed by atoms with E-state index in [1.165, 1.54) is 18.9 Å². The lowest BCUT2D eigenvalue weighted by Gasteiger charge is -2.26. The molecular formula is C20H26F3IN4O. The number of hydrogen-bond acceptors (Lipinski definition) is 3. The highest BCUT2D eigenvalue weighted by molar-refractivity contribution is 14.0. The van der Waals surface area contributed by atoms with Crippen molar-refractivity contribution in [3.63, 3.8) is 0 Å². The number of halogens is 4. The van der Waals surface area contributed by atoms with Crippen LogP contribution >= 0.6 is 24.0 Å². The maximum atomic E-state index is 12.9. The van der Waals surface area contributed by atoms with Gasteiger partial charge in [-0.3, -0.25) is 9.89 Å². The Bertz CT molecular complexity index is 774. The summed E-state index contributed by atoms with van der Waals surface area (Å²) in [5.74, 6) is 1.43. The summed E-state index contributed by atoms with van der Waals surface area (Å²) in [6.45, 7) is 2.88. The average Bonchev–Trinajstić information content (AvgIpc) is 3.38. The Kier molecular flexibility index (Phi) is 8.81. The summed E-state index contributed by atoms with van der Waals surface area (Å²) in [6, 6.07) is 9.21. The standard InChI is InChI=1S/C20H25F3N4O.HI/c1-24-19(25-13-15-6-4-7-16(12-15)20(21,22)23)26-14-17(18-8-5-11-28-18)27-9-2-3-10-27;/h4-8,11-12,17H,2-3,9-10,13-14H2,1H3,(H2,24,25,26);1H. The molecule has 0 bridgehead atoms. The van der Waals surface area contributed by atoms with Gasteiger partial charge >= 0.3 is 6.18 Å². The summed E-state index contributed by atoms with van der Waals surface area (Å²) < 4.78 is 44.2. The molecule has 1 aliphatic rings. The van der Waals surface area contributed by atoms with E-state index in [4.69, 9.17) is 4.42 Å². The van der Waals surface area contributed by atoms with Crippen LogP contribution in [0.4, 0.5) is 13.2 Å². The van der Waals surface area contributed by atoms with Gasteiger partial charge in [0.25, 0.3) is 0 Å². The molecule has 5 nitrogen and oxygen atoms in total. The maximum absolute atomic E-state index is 12.9. The van der Waals surface area contributed by atoms with Crippen LogP contribution in [0.3, 0.4) is 0 Å². The minimum absolute atomic E-state index is 0. The second-order valence-corrected chi connectivity index (χ2v) is 6.78. The molecule has 0 saturated carbocycles. The number of likely N-dealkylation sites (tertiary alicyclic amines) is 1. The SMILES string of the molecule is CN=C(NCc1cccc(C(F)(F)F)c1)NCC(c1ccco1)N1CCCC1.I. The highest BCUT2D eigenvalue weighted by atomic mass is 127. The topological polar surface area (TPSA) is 52.8 Å². The Morgan fingerprint density at radius 1 is 1.17 bits per heavy atom. The first-order valence-corrected chi connectivity index (χ1v) is 9.35. The second kappa shape index (κ2) is 10.9. The fourth-order valence-corrected chi connectivity index (χ4v) is 3.40. The lowest BCUT2D eigenvalue weighted by Crippen LogP contribution is -2.42. The average molecular weight is 522 g/mol. The first-order chi connectivity index (χ1) is 13.5. The molecule has 2 heterocycles. The van der Waals surface area contributed by atoms with Gasteiger partial charge in [-0.1, -0.05) is 12.1 Å². The van der Waals surface area contributed by atoms with Crippen LogP contribution in [0.5, 0.6) is 0 Å². The van der Waals surface area contributed by atoms with E-state index >= 15 is 0 Å². The van der Waals surface area contributed by atoms with Crippen LogP contribution in [-0.2, 0) is 12.7 Å². The van der Waals surface area contributed by atoms with Gasteiger partial charge in [-0.2, -0.15) is 13.2 Å². The van der Waals surface area contributed by atoms with Crippen LogP contribution in [0.25, 0.3) is 0 Å². The van der Waals surface area contributed by atoms with Gasteiger partial charge in [-0.15, -0.1) is 24.0 Å². The molecule has 1 fully saturated rings. The van der Waals surface area contributed by atoms with Crippen molar-refractivity contribution in [3.8, 4) is 0 Å². The number of hydrogen-bond donors (Lipinski definition) is 2. The molecule has 3 rings (SSSR count). The molecule has 9 heteroatoms. The van der Waals surface area contributed by atoms with E-state index in [1.807, 2.05) is 12.1 Å². The minimum Gasteiger partial charge on any atom is -0.468 e. The molecule has 1 aromatic carbocycles. The normalized spacial score (nSPS) is 16.3. The third-order valence-corrected chi connectivity index (χ3v) is 4.85. The molecule has 1 atom stereocenters. The number of alkyl halides is 3. The largest absolute Gasteiger partial charge is 0.468 e. The molecular weight excluding hydrogens is 496 g/mol. The molecule has 160 valence electrons. The minimum atomic E-state index is -4.35. The Morgan fingerprint density at radius 2 is 1.93 bits per heavy atom. The zero-order valence-corrected chi connectivity index (χ0v) is 18.5. The lowest BCUT2D eigenvalue weighted by molar-refractivity contribution is -0.137. The van der Waals surface area contributed by atoms with E-state index in [2.05, 4.69) is 20.5 Å². The monoisotopic (exact) mass is 522 g/mol. The molecule has 2 N–H and O–H groups in total. The third kappa shape index (κ3) is 6.63. The number of rotatable bonds is 6. The van der Waals surface area contributed by atoms with Crippen molar-refractivity contribution in [1.82, 2.24) is 15.5 Å². The Balaban J connectivity index is 0.00000300. The zero-order valence-electron chi connectivity index (χ0n) is 16.2. The Hall–Kier alpha value is -1.75. The van der Waals surface area contributed by atoms with Gasteiger partial charge in [0.05, 0.1) is 17.9 Å². The highest BCUT2D eigenvalue weighted by Gasteiger charge is 2.30. The fraction of sp³-hybridized carbons (Fsp3) is 0.450. The number of benzene rings is 1. The number of nitrogens with one attached hydrogen (secondary N) is 2. The first-order valence-electron chi connectivity index (χ1n) is 9.35. The summed E-state index contributed by atoms with van der Waals surface area (Å²) >= 11 is 0.